The Morgan fingerprint density at radius 1 is 1.43 bits per heavy atom. The topological polar surface area (TPSA) is 139 Å². The van der Waals surface area contributed by atoms with Crippen LogP contribution in [-0.4, -0.2) is 72.9 Å². The SMILES string of the molecule is Cc1nn2c3c(nc2s1)CCN(C=COC1=CC=CNC1(Cl)C1CNCCO1)C3c1nc(C(=O)O)co1. The molecule has 0 amide bonds. The minimum atomic E-state index is -1.16. The van der Waals surface area contributed by atoms with Gasteiger partial charge in [-0.1, -0.05) is 22.9 Å². The zero-order chi connectivity index (χ0) is 25.6. The summed E-state index contributed by atoms with van der Waals surface area (Å²) in [5, 5.41) is 21.3. The number of aromatic carboxylic acids is 1. The number of allylic oxidation sites excluding steroid dienone is 2. The number of nitrogens with one attached hydrogen (secondary N) is 2. The quantitative estimate of drug-likeness (QED) is 0.238. The summed E-state index contributed by atoms with van der Waals surface area (Å²) >= 11 is 8.44. The molecule has 0 radical (unpaired) electrons. The number of carboxylic acid groups (broad SMARTS) is 1. The molecule has 6 rings (SSSR count). The average molecular weight is 546 g/mol. The van der Waals surface area contributed by atoms with E-state index in [1.165, 1.54) is 11.3 Å². The zero-order valence-corrected chi connectivity index (χ0v) is 21.3. The highest BCUT2D eigenvalue weighted by Gasteiger charge is 2.44. The molecule has 0 bridgehead atoms. The molecule has 0 aliphatic carbocycles. The molecule has 1 saturated heterocycles. The number of fused-ring (bicyclic) bond motifs is 3. The first-order chi connectivity index (χ1) is 17.9. The first-order valence-electron chi connectivity index (χ1n) is 11.7. The Hall–Kier alpha value is -3.39. The lowest BCUT2D eigenvalue weighted by atomic mass is 10.0. The predicted molar refractivity (Wildman–Crippen MR) is 133 cm³/mol. The smallest absolute Gasteiger partial charge is 0.357 e. The monoisotopic (exact) mass is 545 g/mol. The molecule has 0 spiro atoms. The Labute approximate surface area is 220 Å². The average Bonchev–Trinajstić information content (AvgIpc) is 3.60. The van der Waals surface area contributed by atoms with Crippen LogP contribution >= 0.6 is 22.9 Å². The molecule has 12 nitrogen and oxygen atoms in total. The number of carbonyl (C=O) groups is 1. The maximum atomic E-state index is 11.5. The molecule has 0 saturated carbocycles. The van der Waals surface area contributed by atoms with Gasteiger partial charge in [0, 0.05) is 32.3 Å². The third kappa shape index (κ3) is 4.27. The minimum Gasteiger partial charge on any atom is -0.476 e. The van der Waals surface area contributed by atoms with Crippen molar-refractivity contribution in [3.8, 4) is 0 Å². The Bertz CT molecular complexity index is 1420. The van der Waals surface area contributed by atoms with Crippen LogP contribution in [0.2, 0.25) is 0 Å². The van der Waals surface area contributed by atoms with Crippen molar-refractivity contribution < 1.29 is 23.8 Å². The lowest BCUT2D eigenvalue weighted by molar-refractivity contribution is -0.00621. The first kappa shape index (κ1) is 24.0. The summed E-state index contributed by atoms with van der Waals surface area (Å²) in [4.78, 5) is 22.1. The van der Waals surface area contributed by atoms with Crippen LogP contribution in [0.25, 0.3) is 4.96 Å². The number of aromatic nitrogens is 4. The Morgan fingerprint density at radius 3 is 3.11 bits per heavy atom. The van der Waals surface area contributed by atoms with Crippen molar-refractivity contribution in [3.63, 3.8) is 0 Å². The third-order valence-corrected chi connectivity index (χ3v) is 7.76. The van der Waals surface area contributed by atoms with E-state index in [-0.39, 0.29) is 17.7 Å². The number of rotatable bonds is 6. The molecular weight excluding hydrogens is 522 g/mol. The molecule has 194 valence electrons. The highest BCUT2D eigenvalue weighted by atomic mass is 35.5. The highest BCUT2D eigenvalue weighted by Crippen LogP contribution is 2.37. The molecule has 3 N–H and O–H groups in total. The Kier molecular flexibility index (Phi) is 6.15. The number of hydrogen-bond donors (Lipinski definition) is 3. The van der Waals surface area contributed by atoms with Crippen LogP contribution in [0.4, 0.5) is 0 Å². The van der Waals surface area contributed by atoms with Gasteiger partial charge in [0.05, 0.1) is 18.0 Å². The number of ether oxygens (including phenoxy) is 2. The number of hydrogen-bond acceptors (Lipinski definition) is 11. The Balaban J connectivity index is 1.31. The van der Waals surface area contributed by atoms with Gasteiger partial charge in [-0.25, -0.2) is 19.3 Å². The van der Waals surface area contributed by atoms with Crippen LogP contribution < -0.4 is 10.6 Å². The van der Waals surface area contributed by atoms with Gasteiger partial charge in [0.2, 0.25) is 10.9 Å². The van der Waals surface area contributed by atoms with Gasteiger partial charge in [-0.05, 0) is 25.3 Å². The summed E-state index contributed by atoms with van der Waals surface area (Å²) in [7, 11) is 0. The van der Waals surface area contributed by atoms with Gasteiger partial charge in [-0.3, -0.25) is 0 Å². The van der Waals surface area contributed by atoms with Crippen molar-refractivity contribution >= 4 is 33.9 Å². The fourth-order valence-electron chi connectivity index (χ4n) is 4.69. The normalized spacial score (nSPS) is 25.8. The van der Waals surface area contributed by atoms with Crippen LogP contribution in [0, 0.1) is 6.92 Å². The molecule has 3 unspecified atom stereocenters. The van der Waals surface area contributed by atoms with Crippen molar-refractivity contribution in [2.24, 2.45) is 0 Å². The van der Waals surface area contributed by atoms with Crippen LogP contribution in [0.3, 0.4) is 0 Å². The van der Waals surface area contributed by atoms with Crippen LogP contribution in [0.15, 0.2) is 47.3 Å². The van der Waals surface area contributed by atoms with Crippen LogP contribution in [0.1, 0.15) is 38.8 Å². The molecule has 3 aliphatic heterocycles. The van der Waals surface area contributed by atoms with Crippen LogP contribution in [0.5, 0.6) is 0 Å². The van der Waals surface area contributed by atoms with Gasteiger partial charge in [-0.2, -0.15) is 5.10 Å². The molecule has 1 fully saturated rings. The number of nitrogens with zero attached hydrogens (tertiary/aromatic N) is 5. The molecule has 0 aromatic carbocycles. The van der Waals surface area contributed by atoms with E-state index in [9.17, 15) is 9.90 Å². The van der Waals surface area contributed by atoms with Crippen molar-refractivity contribution in [1.29, 1.82) is 0 Å². The van der Waals surface area contributed by atoms with E-state index in [1.54, 1.807) is 29.3 Å². The number of dihydropyridines is 1. The van der Waals surface area contributed by atoms with E-state index in [1.807, 2.05) is 17.9 Å². The fourth-order valence-corrected chi connectivity index (χ4v) is 5.77. The maximum absolute atomic E-state index is 11.5. The van der Waals surface area contributed by atoms with Gasteiger partial charge in [0.25, 0.3) is 0 Å². The second kappa shape index (κ2) is 9.49. The first-order valence-corrected chi connectivity index (χ1v) is 12.9. The number of morpholine rings is 1. The number of halogens is 1. The second-order valence-corrected chi connectivity index (χ2v) is 10.5. The summed E-state index contributed by atoms with van der Waals surface area (Å²) in [6.45, 7) is 4.38. The zero-order valence-electron chi connectivity index (χ0n) is 19.8. The minimum absolute atomic E-state index is 0.171. The van der Waals surface area contributed by atoms with Crippen LogP contribution in [-0.2, 0) is 15.9 Å². The molecule has 37 heavy (non-hydrogen) atoms. The standard InChI is InChI=1S/C23H24ClN7O5S/c1-13-29-31-18-14(28-22(31)37-13)4-7-30(19(18)20-27-15(12-36-20)21(32)33)8-10-35-16-3-2-5-26-23(16,24)17-11-25-6-9-34-17/h2-3,5,8,10,12,17,19,25-26H,4,6-7,9,11H2,1H3,(H,32,33). The number of carboxylic acids is 1. The largest absolute Gasteiger partial charge is 0.476 e. The molecule has 3 atom stereocenters. The number of imidazole rings is 1. The van der Waals surface area contributed by atoms with E-state index in [0.29, 0.717) is 31.9 Å². The van der Waals surface area contributed by atoms with Gasteiger partial charge < -0.3 is 34.5 Å². The summed E-state index contributed by atoms with van der Waals surface area (Å²) in [6, 6.07) is -0.557. The van der Waals surface area contributed by atoms with Gasteiger partial charge in [-0.15, -0.1) is 0 Å². The maximum Gasteiger partial charge on any atom is 0.357 e. The van der Waals surface area contributed by atoms with E-state index in [0.717, 1.165) is 34.2 Å². The number of oxazole rings is 1. The Morgan fingerprint density at radius 2 is 2.32 bits per heavy atom. The van der Waals surface area contributed by atoms with E-state index in [2.05, 4.69) is 20.7 Å². The molecule has 3 aromatic heterocycles. The summed E-state index contributed by atoms with van der Waals surface area (Å²) in [5.74, 6) is -0.450. The van der Waals surface area contributed by atoms with E-state index >= 15 is 0 Å². The highest BCUT2D eigenvalue weighted by molar-refractivity contribution is 7.16. The van der Waals surface area contributed by atoms with E-state index < -0.39 is 17.0 Å². The van der Waals surface area contributed by atoms with Crippen molar-refractivity contribution in [2.75, 3.05) is 26.2 Å². The van der Waals surface area contributed by atoms with E-state index in [4.69, 9.17) is 30.5 Å². The number of aryl methyl sites for hydroxylation is 1. The lowest BCUT2D eigenvalue weighted by Crippen LogP contribution is -2.58. The van der Waals surface area contributed by atoms with Gasteiger partial charge in [0.15, 0.2) is 16.7 Å². The third-order valence-electron chi connectivity index (χ3n) is 6.40. The molecule has 3 aliphatic rings. The summed E-state index contributed by atoms with van der Waals surface area (Å²) in [5.41, 5.74) is 1.48. The summed E-state index contributed by atoms with van der Waals surface area (Å²) < 4.78 is 19.3. The lowest BCUT2D eigenvalue weighted by Gasteiger charge is -2.39. The summed E-state index contributed by atoms with van der Waals surface area (Å²) in [6.07, 6.45) is 10.1. The molecule has 3 aromatic rings. The molecular formula is C23H24ClN7O5S. The van der Waals surface area contributed by atoms with Gasteiger partial charge >= 0.3 is 5.97 Å². The molecule has 14 heteroatoms. The van der Waals surface area contributed by atoms with Crippen molar-refractivity contribution in [3.05, 3.63) is 70.8 Å². The fraction of sp³-hybridized carbons (Fsp3) is 0.391. The van der Waals surface area contributed by atoms with Crippen molar-refractivity contribution in [2.45, 2.75) is 30.5 Å². The second-order valence-electron chi connectivity index (χ2n) is 8.74. The predicted octanol–water partition coefficient (Wildman–Crippen LogP) is 2.15. The van der Waals surface area contributed by atoms with Crippen molar-refractivity contribution in [1.82, 2.24) is 35.1 Å². The molecule has 6 heterocycles. The van der Waals surface area contributed by atoms with Gasteiger partial charge in [0.1, 0.15) is 29.4 Å². The number of alkyl halides is 1.